The first-order valence-electron chi connectivity index (χ1n) is 5.40. The molecular formula is C11H12ClNO4S. The van der Waals surface area contributed by atoms with Gasteiger partial charge in [0.15, 0.2) is 0 Å². The van der Waals surface area contributed by atoms with Crippen LogP contribution in [0.1, 0.15) is 6.42 Å². The van der Waals surface area contributed by atoms with E-state index in [9.17, 15) is 13.2 Å². The summed E-state index contributed by atoms with van der Waals surface area (Å²) in [6.45, 7) is 0.216. The van der Waals surface area contributed by atoms with E-state index in [1.54, 1.807) is 12.1 Å². The Kier molecular flexibility index (Phi) is 3.61. The van der Waals surface area contributed by atoms with Crippen LogP contribution in [0.2, 0.25) is 5.02 Å². The standard InChI is InChI=1S/C11H12ClNO4S/c12-9-3-1-2-4-10(9)18(16,17)13-6-5-8(7-13)11(14)15/h1-4,8H,5-7H2,(H,14,15). The Morgan fingerprint density at radius 1 is 1.39 bits per heavy atom. The van der Waals surface area contributed by atoms with Crippen LogP contribution < -0.4 is 0 Å². The van der Waals surface area contributed by atoms with Gasteiger partial charge in [0, 0.05) is 13.1 Å². The van der Waals surface area contributed by atoms with E-state index in [1.165, 1.54) is 16.4 Å². The van der Waals surface area contributed by atoms with Crippen molar-refractivity contribution in [3.8, 4) is 0 Å². The number of carboxylic acid groups (broad SMARTS) is 1. The van der Waals surface area contributed by atoms with Crippen molar-refractivity contribution in [1.82, 2.24) is 4.31 Å². The molecule has 1 atom stereocenters. The van der Waals surface area contributed by atoms with E-state index < -0.39 is 21.9 Å². The van der Waals surface area contributed by atoms with Gasteiger partial charge in [-0.25, -0.2) is 8.42 Å². The molecule has 7 heteroatoms. The van der Waals surface area contributed by atoms with Crippen molar-refractivity contribution in [2.45, 2.75) is 11.3 Å². The number of carbonyl (C=O) groups is 1. The third kappa shape index (κ3) is 2.36. The molecule has 1 aliphatic heterocycles. The molecule has 1 aromatic rings. The number of hydrogen-bond donors (Lipinski definition) is 1. The van der Waals surface area contributed by atoms with Crippen molar-refractivity contribution in [2.75, 3.05) is 13.1 Å². The van der Waals surface area contributed by atoms with Gasteiger partial charge < -0.3 is 5.11 Å². The molecule has 18 heavy (non-hydrogen) atoms. The third-order valence-electron chi connectivity index (χ3n) is 2.95. The molecule has 1 fully saturated rings. The summed E-state index contributed by atoms with van der Waals surface area (Å²) in [6, 6.07) is 6.15. The summed E-state index contributed by atoms with van der Waals surface area (Å²) in [7, 11) is -3.70. The van der Waals surface area contributed by atoms with E-state index in [2.05, 4.69) is 0 Å². The van der Waals surface area contributed by atoms with Gasteiger partial charge in [-0.15, -0.1) is 0 Å². The summed E-state index contributed by atoms with van der Waals surface area (Å²) in [5.74, 6) is -1.60. The van der Waals surface area contributed by atoms with Gasteiger partial charge in [0.2, 0.25) is 10.0 Å². The zero-order valence-electron chi connectivity index (χ0n) is 9.41. The molecular weight excluding hydrogens is 278 g/mol. The number of nitrogens with zero attached hydrogens (tertiary/aromatic N) is 1. The van der Waals surface area contributed by atoms with Crippen LogP contribution in [0.5, 0.6) is 0 Å². The first-order valence-corrected chi connectivity index (χ1v) is 7.22. The fraction of sp³-hybridized carbons (Fsp3) is 0.364. The van der Waals surface area contributed by atoms with Gasteiger partial charge in [0.25, 0.3) is 0 Å². The van der Waals surface area contributed by atoms with E-state index in [0.29, 0.717) is 6.42 Å². The minimum atomic E-state index is -3.70. The normalized spacial score (nSPS) is 21.1. The molecule has 1 N–H and O–H groups in total. The van der Waals surface area contributed by atoms with Gasteiger partial charge in [0.05, 0.1) is 10.9 Å². The molecule has 1 unspecified atom stereocenters. The Bertz CT molecular complexity index is 572. The second-order valence-electron chi connectivity index (χ2n) is 4.12. The fourth-order valence-corrected chi connectivity index (χ4v) is 3.93. The molecule has 0 aliphatic carbocycles. The van der Waals surface area contributed by atoms with Gasteiger partial charge in [-0.3, -0.25) is 4.79 Å². The molecule has 1 aromatic carbocycles. The van der Waals surface area contributed by atoms with Crippen LogP contribution in [-0.2, 0) is 14.8 Å². The first kappa shape index (κ1) is 13.3. The summed E-state index contributed by atoms with van der Waals surface area (Å²) in [6.07, 6.45) is 0.332. The second-order valence-corrected chi connectivity index (χ2v) is 6.43. The molecule has 0 saturated carbocycles. The third-order valence-corrected chi connectivity index (χ3v) is 5.32. The molecule has 1 saturated heterocycles. The molecule has 1 heterocycles. The van der Waals surface area contributed by atoms with Gasteiger partial charge in [0.1, 0.15) is 4.90 Å². The summed E-state index contributed by atoms with van der Waals surface area (Å²) in [4.78, 5) is 10.9. The number of hydrogen-bond acceptors (Lipinski definition) is 3. The van der Waals surface area contributed by atoms with Crippen molar-refractivity contribution in [1.29, 1.82) is 0 Å². The first-order chi connectivity index (χ1) is 8.43. The minimum Gasteiger partial charge on any atom is -0.481 e. The van der Waals surface area contributed by atoms with Crippen LogP contribution in [-0.4, -0.2) is 36.9 Å². The number of carboxylic acids is 1. The topological polar surface area (TPSA) is 74.7 Å². The highest BCUT2D eigenvalue weighted by Gasteiger charge is 2.36. The Balaban J connectivity index is 2.29. The molecule has 98 valence electrons. The highest BCUT2D eigenvalue weighted by molar-refractivity contribution is 7.89. The maximum Gasteiger partial charge on any atom is 0.307 e. The Morgan fingerprint density at radius 2 is 2.06 bits per heavy atom. The number of benzene rings is 1. The van der Waals surface area contributed by atoms with Crippen molar-refractivity contribution < 1.29 is 18.3 Å². The quantitative estimate of drug-likeness (QED) is 0.913. The lowest BCUT2D eigenvalue weighted by Gasteiger charge is -2.16. The molecule has 0 amide bonds. The molecule has 1 aliphatic rings. The lowest BCUT2D eigenvalue weighted by Crippen LogP contribution is -2.30. The van der Waals surface area contributed by atoms with Crippen LogP contribution in [0.15, 0.2) is 29.2 Å². The van der Waals surface area contributed by atoms with Crippen LogP contribution >= 0.6 is 11.6 Å². The van der Waals surface area contributed by atoms with Gasteiger partial charge in [-0.05, 0) is 18.6 Å². The van der Waals surface area contributed by atoms with Crippen LogP contribution in [0.3, 0.4) is 0 Å². The van der Waals surface area contributed by atoms with Crippen LogP contribution in [0.25, 0.3) is 0 Å². The monoisotopic (exact) mass is 289 g/mol. The molecule has 0 aromatic heterocycles. The highest BCUT2D eigenvalue weighted by Crippen LogP contribution is 2.28. The SMILES string of the molecule is O=C(O)C1CCN(S(=O)(=O)c2ccccc2Cl)C1. The average Bonchev–Trinajstić information content (AvgIpc) is 2.79. The smallest absolute Gasteiger partial charge is 0.307 e. The number of aliphatic carboxylic acids is 1. The molecule has 2 rings (SSSR count). The van der Waals surface area contributed by atoms with Crippen LogP contribution in [0, 0.1) is 5.92 Å². The summed E-state index contributed by atoms with van der Waals surface area (Å²) in [5.41, 5.74) is 0. The Labute approximate surface area is 110 Å². The van der Waals surface area contributed by atoms with Gasteiger partial charge >= 0.3 is 5.97 Å². The number of halogens is 1. The molecule has 0 radical (unpaired) electrons. The maximum absolute atomic E-state index is 12.3. The summed E-state index contributed by atoms with van der Waals surface area (Å²) < 4.78 is 25.7. The Hall–Kier alpha value is -1.11. The molecule has 0 bridgehead atoms. The minimum absolute atomic E-state index is 0.00287. The van der Waals surface area contributed by atoms with Crippen molar-refractivity contribution in [3.63, 3.8) is 0 Å². The lowest BCUT2D eigenvalue weighted by molar-refractivity contribution is -0.141. The van der Waals surface area contributed by atoms with Crippen molar-refractivity contribution in [3.05, 3.63) is 29.3 Å². The zero-order valence-corrected chi connectivity index (χ0v) is 11.0. The molecule has 5 nitrogen and oxygen atoms in total. The number of sulfonamides is 1. The summed E-state index contributed by atoms with van der Waals surface area (Å²) >= 11 is 5.86. The van der Waals surface area contributed by atoms with E-state index in [0.717, 1.165) is 0 Å². The largest absolute Gasteiger partial charge is 0.481 e. The molecule has 0 spiro atoms. The summed E-state index contributed by atoms with van der Waals surface area (Å²) in [5, 5.41) is 9.02. The maximum atomic E-state index is 12.3. The predicted molar refractivity (Wildman–Crippen MR) is 66.0 cm³/mol. The van der Waals surface area contributed by atoms with Gasteiger partial charge in [-0.1, -0.05) is 23.7 Å². The van der Waals surface area contributed by atoms with E-state index in [1.807, 2.05) is 0 Å². The Morgan fingerprint density at radius 3 is 2.61 bits per heavy atom. The van der Waals surface area contributed by atoms with Crippen molar-refractivity contribution >= 4 is 27.6 Å². The highest BCUT2D eigenvalue weighted by atomic mass is 35.5. The average molecular weight is 290 g/mol. The van der Waals surface area contributed by atoms with Crippen molar-refractivity contribution in [2.24, 2.45) is 5.92 Å². The fourth-order valence-electron chi connectivity index (χ4n) is 1.94. The number of rotatable bonds is 3. The zero-order chi connectivity index (χ0) is 13.3. The van der Waals surface area contributed by atoms with E-state index >= 15 is 0 Å². The predicted octanol–water partition coefficient (Wildman–Crippen LogP) is 1.44. The van der Waals surface area contributed by atoms with Crippen LogP contribution in [0.4, 0.5) is 0 Å². The van der Waals surface area contributed by atoms with E-state index in [4.69, 9.17) is 16.7 Å². The lowest BCUT2D eigenvalue weighted by atomic mass is 10.1. The van der Waals surface area contributed by atoms with Gasteiger partial charge in [-0.2, -0.15) is 4.31 Å². The van der Waals surface area contributed by atoms with E-state index in [-0.39, 0.29) is 23.0 Å². The second kappa shape index (κ2) is 4.87.